The average molecular weight is 578 g/mol. The summed E-state index contributed by atoms with van der Waals surface area (Å²) in [5, 5.41) is 7.80. The Hall–Kier alpha value is -2.80. The number of alkyl halides is 3. The van der Waals surface area contributed by atoms with Crippen molar-refractivity contribution < 1.29 is 27.1 Å². The molecule has 2 aromatic carbocycles. The number of carbonyl (C=O) groups excluding carboxylic acids is 1. The molecule has 1 aliphatic heterocycles. The molecule has 1 heterocycles. The maximum Gasteiger partial charge on any atom is 0.414 e. The lowest BCUT2D eigenvalue weighted by atomic mass is 10.0. The van der Waals surface area contributed by atoms with Crippen molar-refractivity contribution in [3.8, 4) is 0 Å². The van der Waals surface area contributed by atoms with E-state index in [-0.39, 0.29) is 33.3 Å². The highest BCUT2D eigenvalue weighted by molar-refractivity contribution is 6.31. The summed E-state index contributed by atoms with van der Waals surface area (Å²) in [7, 11) is 1.57. The van der Waals surface area contributed by atoms with E-state index in [1.165, 1.54) is 18.2 Å². The maximum absolute atomic E-state index is 14.0. The molecule has 1 aliphatic rings. The summed E-state index contributed by atoms with van der Waals surface area (Å²) in [5.74, 6) is -1.68. The van der Waals surface area contributed by atoms with E-state index in [2.05, 4.69) is 20.8 Å². The number of ether oxygens (including phenoxy) is 1. The number of benzene rings is 2. The molecule has 1 fully saturated rings. The van der Waals surface area contributed by atoms with Gasteiger partial charge in [-0.1, -0.05) is 34.4 Å². The molecule has 0 bridgehead atoms. The molecule has 1 amide bonds. The van der Waals surface area contributed by atoms with Crippen molar-refractivity contribution in [3.63, 3.8) is 0 Å². The lowest BCUT2D eigenvalue weighted by Crippen LogP contribution is -2.47. The molecule has 0 spiro atoms. The van der Waals surface area contributed by atoms with Crippen LogP contribution in [0, 0.1) is 10.7 Å². The van der Waals surface area contributed by atoms with Gasteiger partial charge in [-0.2, -0.15) is 18.1 Å². The molecule has 8 nitrogen and oxygen atoms in total. The van der Waals surface area contributed by atoms with Crippen molar-refractivity contribution in [3.05, 3.63) is 68.8 Å². The number of carbonyl (C=O) groups is 1. The molecular formula is C24H25Cl2F4N5O3. The molecule has 14 heteroatoms. The number of nitrogens with zero attached hydrogens (tertiary/aromatic N) is 3. The fourth-order valence-corrected chi connectivity index (χ4v) is 4.31. The Bertz CT molecular complexity index is 1140. The van der Waals surface area contributed by atoms with Crippen LogP contribution in [-0.2, 0) is 4.74 Å². The van der Waals surface area contributed by atoms with E-state index in [4.69, 9.17) is 27.9 Å². The van der Waals surface area contributed by atoms with Crippen molar-refractivity contribution in [2.45, 2.75) is 43.7 Å². The van der Waals surface area contributed by atoms with Gasteiger partial charge in [-0.05, 0) is 56.3 Å². The molecule has 38 heavy (non-hydrogen) atoms. The molecule has 2 aromatic rings. The largest absolute Gasteiger partial charge is 0.414 e. The number of hydrogen-bond donors (Lipinski definition) is 2. The first-order valence-electron chi connectivity index (χ1n) is 11.5. The summed E-state index contributed by atoms with van der Waals surface area (Å²) in [6.45, 7) is 0.803. The van der Waals surface area contributed by atoms with Crippen LogP contribution in [0.3, 0.4) is 0 Å². The van der Waals surface area contributed by atoms with Crippen LogP contribution in [0.5, 0.6) is 0 Å². The van der Waals surface area contributed by atoms with Crippen LogP contribution in [-0.4, -0.2) is 61.5 Å². The number of guanidine groups is 1. The number of hydrogen-bond acceptors (Lipinski definition) is 6. The minimum Gasteiger partial charge on any atom is -0.381 e. The molecule has 0 aliphatic carbocycles. The molecule has 0 saturated carbocycles. The third kappa shape index (κ3) is 8.62. The first kappa shape index (κ1) is 29.8. The Balaban J connectivity index is 2.01. The number of nitroso groups, excluding NO2 is 1. The SMILES string of the molecule is CN(C1CCOCC1)C(CC(N=O)C(F)(F)F)N=C(NC(=O)c1cccc(Cl)c1)Nc1cc(F)cc(Cl)c1. The molecule has 1 saturated heterocycles. The summed E-state index contributed by atoms with van der Waals surface area (Å²) in [5.41, 5.74) is 0.217. The van der Waals surface area contributed by atoms with Gasteiger partial charge in [0.25, 0.3) is 5.91 Å². The standard InChI is InChI=1S/C24H25Cl2F4N5O3/c1-35(19-5-7-38-8-6-19)21(13-20(34-37)24(28,29)30)32-23(31-18-11-16(26)10-17(27)12-18)33-22(36)14-3-2-4-15(25)9-14/h2-4,9-12,19-21H,5-8,13H2,1H3,(H2,31,32,33,36). The summed E-state index contributed by atoms with van der Waals surface area (Å²) >= 11 is 11.9. The fraction of sp³-hybridized carbons (Fsp3) is 0.417. The van der Waals surface area contributed by atoms with Crippen molar-refractivity contribution in [2.75, 3.05) is 25.6 Å². The Morgan fingerprint density at radius 2 is 1.87 bits per heavy atom. The monoisotopic (exact) mass is 577 g/mol. The van der Waals surface area contributed by atoms with Gasteiger partial charge in [-0.25, -0.2) is 9.38 Å². The summed E-state index contributed by atoms with van der Waals surface area (Å²) in [4.78, 5) is 30.0. The smallest absolute Gasteiger partial charge is 0.381 e. The Kier molecular flexibility index (Phi) is 10.4. The lowest BCUT2D eigenvalue weighted by molar-refractivity contribution is -0.152. The Morgan fingerprint density at radius 3 is 2.47 bits per heavy atom. The quantitative estimate of drug-likeness (QED) is 0.177. The van der Waals surface area contributed by atoms with Crippen LogP contribution in [0.15, 0.2) is 52.6 Å². The number of aliphatic imine (C=N–C) groups is 1. The molecule has 2 unspecified atom stereocenters. The highest BCUT2D eigenvalue weighted by atomic mass is 35.5. The zero-order chi connectivity index (χ0) is 27.9. The number of nitrogens with one attached hydrogen (secondary N) is 2. The second-order valence-corrected chi connectivity index (χ2v) is 9.49. The number of amides is 1. The highest BCUT2D eigenvalue weighted by Crippen LogP contribution is 2.29. The van der Waals surface area contributed by atoms with Crippen molar-refractivity contribution >= 4 is 40.8 Å². The van der Waals surface area contributed by atoms with Crippen molar-refractivity contribution in [1.82, 2.24) is 10.2 Å². The minimum atomic E-state index is -4.90. The first-order chi connectivity index (χ1) is 18.0. The fourth-order valence-electron chi connectivity index (χ4n) is 3.90. The highest BCUT2D eigenvalue weighted by Gasteiger charge is 2.44. The van der Waals surface area contributed by atoms with E-state index in [0.29, 0.717) is 26.1 Å². The van der Waals surface area contributed by atoms with E-state index in [9.17, 15) is 27.3 Å². The van der Waals surface area contributed by atoms with Gasteiger partial charge in [-0.15, -0.1) is 0 Å². The van der Waals surface area contributed by atoms with Gasteiger partial charge < -0.3 is 10.1 Å². The van der Waals surface area contributed by atoms with Crippen molar-refractivity contribution in [1.29, 1.82) is 0 Å². The molecule has 2 N–H and O–H groups in total. The Labute approximate surface area is 226 Å². The summed E-state index contributed by atoms with van der Waals surface area (Å²) in [6, 6.07) is 6.65. The predicted octanol–water partition coefficient (Wildman–Crippen LogP) is 5.85. The topological polar surface area (TPSA) is 95.4 Å². The Morgan fingerprint density at radius 1 is 1.16 bits per heavy atom. The second kappa shape index (κ2) is 13.3. The molecule has 206 valence electrons. The predicted molar refractivity (Wildman–Crippen MR) is 137 cm³/mol. The number of rotatable bonds is 8. The van der Waals surface area contributed by atoms with Crippen molar-refractivity contribution in [2.24, 2.45) is 10.2 Å². The van der Waals surface area contributed by atoms with E-state index < -0.39 is 36.5 Å². The van der Waals surface area contributed by atoms with Gasteiger partial charge >= 0.3 is 6.18 Å². The van der Waals surface area contributed by atoms with Crippen LogP contribution in [0.4, 0.5) is 23.2 Å². The van der Waals surface area contributed by atoms with Gasteiger partial charge in [-0.3, -0.25) is 15.0 Å². The molecular weight excluding hydrogens is 553 g/mol. The van der Waals surface area contributed by atoms with Gasteiger partial charge in [0.15, 0.2) is 6.04 Å². The lowest BCUT2D eigenvalue weighted by Gasteiger charge is -2.36. The normalized spacial score (nSPS) is 16.7. The van der Waals surface area contributed by atoms with Crippen LogP contribution in [0.25, 0.3) is 0 Å². The molecule has 3 rings (SSSR count). The summed E-state index contributed by atoms with van der Waals surface area (Å²) in [6.07, 6.45) is -5.94. The molecule has 2 atom stereocenters. The van der Waals surface area contributed by atoms with Gasteiger partial charge in [0.2, 0.25) is 5.96 Å². The second-order valence-electron chi connectivity index (χ2n) is 8.61. The average Bonchev–Trinajstić information content (AvgIpc) is 2.85. The van der Waals surface area contributed by atoms with E-state index in [1.54, 1.807) is 24.1 Å². The van der Waals surface area contributed by atoms with Gasteiger partial charge in [0.1, 0.15) is 12.0 Å². The number of anilines is 1. The summed E-state index contributed by atoms with van der Waals surface area (Å²) < 4.78 is 59.8. The third-order valence-corrected chi connectivity index (χ3v) is 6.35. The van der Waals surface area contributed by atoms with E-state index in [1.807, 2.05) is 0 Å². The van der Waals surface area contributed by atoms with Gasteiger partial charge in [0.05, 0.1) is 0 Å². The van der Waals surface area contributed by atoms with Crippen LogP contribution < -0.4 is 10.6 Å². The zero-order valence-corrected chi connectivity index (χ0v) is 21.7. The third-order valence-electron chi connectivity index (χ3n) is 5.90. The van der Waals surface area contributed by atoms with E-state index >= 15 is 0 Å². The zero-order valence-electron chi connectivity index (χ0n) is 20.1. The van der Waals surface area contributed by atoms with Crippen LogP contribution >= 0.6 is 23.2 Å². The first-order valence-corrected chi connectivity index (χ1v) is 12.3. The number of halogens is 6. The minimum absolute atomic E-state index is 0.0335. The van der Waals surface area contributed by atoms with E-state index in [0.717, 1.165) is 12.1 Å². The molecule has 0 radical (unpaired) electrons. The van der Waals surface area contributed by atoms with Gasteiger partial charge in [0, 0.05) is 47.0 Å². The van der Waals surface area contributed by atoms with Crippen LogP contribution in [0.2, 0.25) is 10.0 Å². The molecule has 0 aromatic heterocycles. The van der Waals surface area contributed by atoms with Crippen LogP contribution in [0.1, 0.15) is 29.6 Å². The maximum atomic E-state index is 14.0.